The predicted octanol–water partition coefficient (Wildman–Crippen LogP) is 0.240. The first-order valence-electron chi connectivity index (χ1n) is 3.75. The van der Waals surface area contributed by atoms with E-state index in [2.05, 4.69) is 22.1 Å². The van der Waals surface area contributed by atoms with Gasteiger partial charge >= 0.3 is 0 Å². The second-order valence-electron chi connectivity index (χ2n) is 2.63. The molecule has 1 fully saturated rings. The van der Waals surface area contributed by atoms with Crippen LogP contribution in [0.3, 0.4) is 0 Å². The van der Waals surface area contributed by atoms with E-state index >= 15 is 0 Å². The van der Waals surface area contributed by atoms with Gasteiger partial charge in [0.1, 0.15) is 0 Å². The summed E-state index contributed by atoms with van der Waals surface area (Å²) in [5, 5.41) is 6.31. The Morgan fingerprint density at radius 2 is 1.80 bits per heavy atom. The molecule has 0 spiro atoms. The van der Waals surface area contributed by atoms with Gasteiger partial charge in [0.25, 0.3) is 0 Å². The van der Waals surface area contributed by atoms with Gasteiger partial charge in [-0.1, -0.05) is 0 Å². The maximum Gasteiger partial charge on any atom is 0.0488 e. The number of nitrogens with zero attached hydrogens (tertiary/aromatic N) is 3. The molecule has 1 rings (SSSR count). The summed E-state index contributed by atoms with van der Waals surface area (Å²) in [6.07, 6.45) is 1.85. The highest BCUT2D eigenvalue weighted by molar-refractivity contribution is 5.52. The van der Waals surface area contributed by atoms with Crippen LogP contribution >= 0.6 is 0 Å². The lowest BCUT2D eigenvalue weighted by atomic mass is 10.4. The molecule has 3 nitrogen and oxygen atoms in total. The van der Waals surface area contributed by atoms with E-state index in [1.54, 1.807) is 0 Å². The third kappa shape index (κ3) is 1.99. The molecule has 0 aliphatic carbocycles. The summed E-state index contributed by atoms with van der Waals surface area (Å²) in [6, 6.07) is 0. The maximum atomic E-state index is 4.20. The summed E-state index contributed by atoms with van der Waals surface area (Å²) in [5.41, 5.74) is 0. The van der Waals surface area contributed by atoms with Crippen LogP contribution in [-0.2, 0) is 0 Å². The molecule has 0 amide bonds. The largest absolute Gasteiger partial charge is 0.303 e. The SMILES string of the molecule is C/C=N/N1CCN(C)CC1. The minimum absolute atomic E-state index is 1.07. The molecule has 1 heterocycles. The minimum Gasteiger partial charge on any atom is -0.303 e. The fourth-order valence-electron chi connectivity index (χ4n) is 1.07. The topological polar surface area (TPSA) is 18.8 Å². The van der Waals surface area contributed by atoms with Gasteiger partial charge in [-0.3, -0.25) is 5.01 Å². The van der Waals surface area contributed by atoms with Crippen molar-refractivity contribution >= 4 is 6.21 Å². The first-order chi connectivity index (χ1) is 4.83. The van der Waals surface area contributed by atoms with Crippen molar-refractivity contribution in [2.75, 3.05) is 33.2 Å². The van der Waals surface area contributed by atoms with E-state index in [0.717, 1.165) is 26.2 Å². The van der Waals surface area contributed by atoms with Crippen LogP contribution in [0.25, 0.3) is 0 Å². The lowest BCUT2D eigenvalue weighted by molar-refractivity contribution is 0.159. The standard InChI is InChI=1S/C7H15N3/c1-3-8-10-6-4-9(2)5-7-10/h3H,4-7H2,1-2H3/b8-3+. The van der Waals surface area contributed by atoms with Crippen molar-refractivity contribution in [3.8, 4) is 0 Å². The van der Waals surface area contributed by atoms with Crippen molar-refractivity contribution in [1.82, 2.24) is 9.91 Å². The van der Waals surface area contributed by atoms with E-state index < -0.39 is 0 Å². The molecule has 0 aromatic rings. The molecule has 0 radical (unpaired) electrons. The Hall–Kier alpha value is -0.570. The molecule has 3 heteroatoms. The van der Waals surface area contributed by atoms with Crippen LogP contribution in [0.4, 0.5) is 0 Å². The van der Waals surface area contributed by atoms with E-state index in [9.17, 15) is 0 Å². The Labute approximate surface area is 62.3 Å². The average molecular weight is 141 g/mol. The zero-order valence-electron chi connectivity index (χ0n) is 6.75. The second-order valence-corrected chi connectivity index (χ2v) is 2.63. The zero-order chi connectivity index (χ0) is 7.40. The van der Waals surface area contributed by atoms with Gasteiger partial charge in [-0.15, -0.1) is 0 Å². The van der Waals surface area contributed by atoms with Gasteiger partial charge in [0.15, 0.2) is 0 Å². The van der Waals surface area contributed by atoms with Crippen molar-refractivity contribution in [2.24, 2.45) is 5.10 Å². The highest BCUT2D eigenvalue weighted by atomic mass is 15.5. The zero-order valence-corrected chi connectivity index (χ0v) is 6.75. The Morgan fingerprint density at radius 3 is 2.30 bits per heavy atom. The van der Waals surface area contributed by atoms with Crippen molar-refractivity contribution in [3.05, 3.63) is 0 Å². The molecule has 58 valence electrons. The van der Waals surface area contributed by atoms with Gasteiger partial charge in [0.2, 0.25) is 0 Å². The summed E-state index contributed by atoms with van der Waals surface area (Å²) in [7, 11) is 2.15. The van der Waals surface area contributed by atoms with Gasteiger partial charge in [-0.05, 0) is 14.0 Å². The van der Waals surface area contributed by atoms with Crippen LogP contribution in [-0.4, -0.2) is 49.4 Å². The van der Waals surface area contributed by atoms with Crippen LogP contribution in [0.1, 0.15) is 6.92 Å². The molecular formula is C7H15N3. The number of piperazine rings is 1. The number of hydrogen-bond acceptors (Lipinski definition) is 3. The van der Waals surface area contributed by atoms with Crippen molar-refractivity contribution in [3.63, 3.8) is 0 Å². The molecule has 0 aromatic carbocycles. The molecule has 10 heavy (non-hydrogen) atoms. The molecule has 1 aliphatic rings. The Balaban J connectivity index is 2.26. The lowest BCUT2D eigenvalue weighted by Gasteiger charge is -2.30. The molecule has 0 aromatic heterocycles. The van der Waals surface area contributed by atoms with Crippen LogP contribution in [0.5, 0.6) is 0 Å². The van der Waals surface area contributed by atoms with Crippen molar-refractivity contribution in [2.45, 2.75) is 6.92 Å². The van der Waals surface area contributed by atoms with E-state index in [0.29, 0.717) is 0 Å². The summed E-state index contributed by atoms with van der Waals surface area (Å²) >= 11 is 0. The fourth-order valence-corrected chi connectivity index (χ4v) is 1.07. The van der Waals surface area contributed by atoms with E-state index in [1.807, 2.05) is 13.1 Å². The van der Waals surface area contributed by atoms with Crippen LogP contribution in [0.2, 0.25) is 0 Å². The van der Waals surface area contributed by atoms with Gasteiger partial charge < -0.3 is 4.90 Å². The first kappa shape index (κ1) is 7.54. The van der Waals surface area contributed by atoms with Crippen LogP contribution in [0, 0.1) is 0 Å². The number of hydrazone groups is 1. The van der Waals surface area contributed by atoms with E-state index in [1.165, 1.54) is 0 Å². The van der Waals surface area contributed by atoms with Crippen molar-refractivity contribution < 1.29 is 0 Å². The minimum atomic E-state index is 1.07. The monoisotopic (exact) mass is 141 g/mol. The lowest BCUT2D eigenvalue weighted by Crippen LogP contribution is -2.41. The van der Waals surface area contributed by atoms with Gasteiger partial charge in [-0.2, -0.15) is 5.10 Å². The van der Waals surface area contributed by atoms with Crippen molar-refractivity contribution in [1.29, 1.82) is 0 Å². The van der Waals surface area contributed by atoms with Crippen LogP contribution in [0.15, 0.2) is 5.10 Å². The first-order valence-corrected chi connectivity index (χ1v) is 3.75. The third-order valence-corrected chi connectivity index (χ3v) is 1.76. The maximum absolute atomic E-state index is 4.20. The van der Waals surface area contributed by atoms with E-state index in [4.69, 9.17) is 0 Å². The highest BCUT2D eigenvalue weighted by Gasteiger charge is 2.09. The molecule has 0 unspecified atom stereocenters. The Bertz CT molecular complexity index is 114. The number of hydrogen-bond donors (Lipinski definition) is 0. The van der Waals surface area contributed by atoms with Gasteiger partial charge in [0, 0.05) is 32.4 Å². The molecule has 1 saturated heterocycles. The normalized spacial score (nSPS) is 22.4. The fraction of sp³-hybridized carbons (Fsp3) is 0.857. The van der Waals surface area contributed by atoms with Gasteiger partial charge in [0.05, 0.1) is 0 Å². The Morgan fingerprint density at radius 1 is 1.20 bits per heavy atom. The average Bonchev–Trinajstić information content (AvgIpc) is 1.95. The Kier molecular flexibility index (Phi) is 2.68. The smallest absolute Gasteiger partial charge is 0.0488 e. The molecule has 1 aliphatic heterocycles. The molecule has 0 bridgehead atoms. The highest BCUT2D eigenvalue weighted by Crippen LogP contribution is 1.97. The second kappa shape index (κ2) is 3.56. The summed E-state index contributed by atoms with van der Waals surface area (Å²) in [6.45, 7) is 6.37. The van der Waals surface area contributed by atoms with E-state index in [-0.39, 0.29) is 0 Å². The molecule has 0 atom stereocenters. The summed E-state index contributed by atoms with van der Waals surface area (Å²) in [4.78, 5) is 2.32. The van der Waals surface area contributed by atoms with Crippen LogP contribution < -0.4 is 0 Å². The quantitative estimate of drug-likeness (QED) is 0.487. The molecular weight excluding hydrogens is 126 g/mol. The summed E-state index contributed by atoms with van der Waals surface area (Å²) < 4.78 is 0. The predicted molar refractivity (Wildman–Crippen MR) is 43.2 cm³/mol. The summed E-state index contributed by atoms with van der Waals surface area (Å²) in [5.74, 6) is 0. The van der Waals surface area contributed by atoms with Gasteiger partial charge in [-0.25, -0.2) is 0 Å². The molecule has 0 saturated carbocycles. The molecule has 0 N–H and O–H groups in total. The number of likely N-dealkylation sites (N-methyl/N-ethyl adjacent to an activating group) is 1. The third-order valence-electron chi connectivity index (χ3n) is 1.76. The number of rotatable bonds is 1.